The van der Waals surface area contributed by atoms with Crippen molar-refractivity contribution in [3.63, 3.8) is 0 Å². The zero-order chi connectivity index (χ0) is 38.1. The van der Waals surface area contributed by atoms with E-state index in [-0.39, 0.29) is 31.8 Å². The molecule has 5 N–H and O–H groups in total. The Morgan fingerprint density at radius 3 is 2.12 bits per heavy atom. The molecule has 14 heteroatoms. The largest absolute Gasteiger partial charge is 0.459 e. The number of likely N-dealkylation sites (N-methyl/N-ethyl adjacent to an activating group) is 1. The maximum absolute atomic E-state index is 14.1. The summed E-state index contributed by atoms with van der Waals surface area (Å²) in [4.78, 5) is 28.6. The zero-order valence-electron chi connectivity index (χ0n) is 32.1. The summed E-state index contributed by atoms with van der Waals surface area (Å²) in [7, 11) is 3.28. The van der Waals surface area contributed by atoms with E-state index in [0.717, 1.165) is 0 Å². The number of hydrogen-bond donors (Lipinski definition) is 5. The molecule has 3 unspecified atom stereocenters. The third kappa shape index (κ3) is 9.25. The number of cyclic esters (lactones) is 1. The number of hydrogen-bond acceptors (Lipinski definition) is 14. The highest BCUT2D eigenvalue weighted by Crippen LogP contribution is 2.39. The Bertz CT molecular complexity index is 1140. The molecule has 0 saturated carbocycles. The summed E-state index contributed by atoms with van der Waals surface area (Å²) >= 11 is 0. The molecule has 3 rings (SSSR count). The van der Waals surface area contributed by atoms with E-state index in [1.54, 1.807) is 62.4 Å². The van der Waals surface area contributed by atoms with Gasteiger partial charge >= 0.3 is 5.97 Å². The van der Waals surface area contributed by atoms with Gasteiger partial charge in [-0.1, -0.05) is 27.7 Å². The lowest BCUT2D eigenvalue weighted by molar-refractivity contribution is -0.313. The van der Waals surface area contributed by atoms with E-state index in [2.05, 4.69) is 0 Å². The van der Waals surface area contributed by atoms with E-state index in [9.17, 15) is 35.1 Å². The van der Waals surface area contributed by atoms with Gasteiger partial charge in [0.05, 0.1) is 42.5 Å². The second-order valence-electron chi connectivity index (χ2n) is 16.1. The van der Waals surface area contributed by atoms with Crippen molar-refractivity contribution in [3.8, 4) is 0 Å². The maximum atomic E-state index is 14.1. The molecule has 50 heavy (non-hydrogen) atoms. The first kappa shape index (κ1) is 43.1. The number of esters is 1. The summed E-state index contributed by atoms with van der Waals surface area (Å²) in [6.45, 7) is 17.3. The molecule has 0 spiro atoms. The first-order chi connectivity index (χ1) is 23.0. The third-order valence-corrected chi connectivity index (χ3v) is 11.4. The Kier molecular flexibility index (Phi) is 14.5. The normalized spacial score (nSPS) is 49.5. The summed E-state index contributed by atoms with van der Waals surface area (Å²) in [5.41, 5.74) is -4.48. The van der Waals surface area contributed by atoms with Crippen molar-refractivity contribution in [1.29, 1.82) is 0 Å². The highest BCUT2D eigenvalue weighted by molar-refractivity contribution is 5.84. The molecule has 3 heterocycles. The molecule has 3 aliphatic rings. The van der Waals surface area contributed by atoms with E-state index in [0.29, 0.717) is 6.54 Å². The van der Waals surface area contributed by atoms with Crippen LogP contribution in [0.2, 0.25) is 0 Å². The molecule has 0 aliphatic carbocycles. The summed E-state index contributed by atoms with van der Waals surface area (Å²) < 4.78 is 36.5. The Hall–Kier alpha value is -1.30. The van der Waals surface area contributed by atoms with Crippen LogP contribution in [0, 0.1) is 23.7 Å². The molecule has 0 aromatic heterocycles. The van der Waals surface area contributed by atoms with Crippen LogP contribution in [0.3, 0.4) is 0 Å². The Balaban J connectivity index is 2.15. The summed E-state index contributed by atoms with van der Waals surface area (Å²) in [5.74, 6) is -3.94. The molecule has 3 saturated heterocycles. The lowest BCUT2D eigenvalue weighted by Crippen LogP contribution is -2.60. The molecule has 0 aromatic carbocycles. The number of rotatable bonds is 6. The van der Waals surface area contributed by atoms with E-state index < -0.39 is 108 Å². The number of nitrogens with zero attached hydrogens (tertiary/aromatic N) is 1. The minimum Gasteiger partial charge on any atom is -0.459 e. The molecule has 0 bridgehead atoms. The van der Waals surface area contributed by atoms with Crippen LogP contribution in [0.4, 0.5) is 0 Å². The molecule has 0 radical (unpaired) electrons. The van der Waals surface area contributed by atoms with E-state index in [4.69, 9.17) is 28.4 Å². The lowest BCUT2D eigenvalue weighted by atomic mass is 9.77. The Morgan fingerprint density at radius 2 is 1.54 bits per heavy atom. The summed E-state index contributed by atoms with van der Waals surface area (Å²) in [6, 6.07) is -0.567. The molecule has 3 fully saturated rings. The van der Waals surface area contributed by atoms with E-state index >= 15 is 0 Å². The second kappa shape index (κ2) is 16.8. The minimum atomic E-state index is -1.83. The van der Waals surface area contributed by atoms with Gasteiger partial charge in [0.1, 0.15) is 23.4 Å². The minimum absolute atomic E-state index is 0.00164. The fourth-order valence-electron chi connectivity index (χ4n) is 8.01. The van der Waals surface area contributed by atoms with Gasteiger partial charge in [-0.25, -0.2) is 0 Å². The monoisotopic (exact) mass is 719 g/mol. The van der Waals surface area contributed by atoms with Crippen molar-refractivity contribution in [2.45, 2.75) is 167 Å². The quantitative estimate of drug-likeness (QED) is 0.247. The molecule has 17 atom stereocenters. The third-order valence-electron chi connectivity index (χ3n) is 11.4. The smallest absolute Gasteiger partial charge is 0.311 e. The van der Waals surface area contributed by atoms with Crippen LogP contribution in [0.15, 0.2) is 0 Å². The van der Waals surface area contributed by atoms with Crippen LogP contribution in [-0.2, 0) is 38.0 Å². The summed E-state index contributed by atoms with van der Waals surface area (Å²) in [5, 5.41) is 57.4. The lowest BCUT2D eigenvalue weighted by Gasteiger charge is -2.48. The topological polar surface area (TPSA) is 194 Å². The fourth-order valence-corrected chi connectivity index (χ4v) is 8.01. The highest BCUT2D eigenvalue weighted by atomic mass is 16.7. The predicted octanol–water partition coefficient (Wildman–Crippen LogP) is 1.40. The van der Waals surface area contributed by atoms with Gasteiger partial charge in [0, 0.05) is 38.0 Å². The van der Waals surface area contributed by atoms with Gasteiger partial charge in [-0.05, 0) is 67.3 Å². The number of carbonyl (C=O) groups excluding carboxylic acids is 2. The van der Waals surface area contributed by atoms with Gasteiger partial charge in [-0.15, -0.1) is 0 Å². The van der Waals surface area contributed by atoms with E-state index in [1.165, 1.54) is 14.0 Å². The van der Waals surface area contributed by atoms with Gasteiger partial charge in [0.25, 0.3) is 0 Å². The van der Waals surface area contributed by atoms with Gasteiger partial charge in [-0.2, -0.15) is 0 Å². The highest BCUT2D eigenvalue weighted by Gasteiger charge is 2.52. The standard InChI is InChI=1S/C36H65NO13/c1-13-25-36(10,44)29(41)23(7)37(11)16-18(2)15-34(8,43)30(50-33-26(39)24(38)14-19(3)47-33)20(4)27(21(5)31(42)48-25)49-32-22(6)28(40)35(9,45-12)17-46-32/h18-23,25-30,32-33,39-41,43-44H,13-17H2,1-12H3/t18?,19-,20+,21-,22+,23-,25-,26-,27+,28+,29?,30-,32?,33+,34-,35-,36-/m1/s1. The van der Waals surface area contributed by atoms with Crippen molar-refractivity contribution in [2.75, 3.05) is 27.3 Å². The molecular weight excluding hydrogens is 654 g/mol. The van der Waals surface area contributed by atoms with Gasteiger partial charge in [0.2, 0.25) is 0 Å². The van der Waals surface area contributed by atoms with Crippen molar-refractivity contribution >= 4 is 11.8 Å². The maximum Gasteiger partial charge on any atom is 0.311 e. The van der Waals surface area contributed by atoms with Crippen molar-refractivity contribution < 1.29 is 63.5 Å². The molecule has 292 valence electrons. The fraction of sp³-hybridized carbons (Fsp3) is 0.944. The summed E-state index contributed by atoms with van der Waals surface area (Å²) in [6.07, 6.45) is -9.91. The SMILES string of the molecule is CC[C@H]1OC(=O)[C@H](C)[C@@H](OC2OC[C@@](C)(OC)[C@@H](O)[C@@H]2C)[C@H](C)[C@@H](O[C@@H]2O[C@H](C)CC(=O)[C@H]2O)[C@](C)(O)CC(C)CN(C)[C@H](C)C(O)[C@]1(C)O. The molecule has 3 aliphatic heterocycles. The number of methoxy groups -OCH3 is 1. The second-order valence-corrected chi connectivity index (χ2v) is 16.1. The first-order valence-corrected chi connectivity index (χ1v) is 18.1. The van der Waals surface area contributed by atoms with Crippen LogP contribution in [0.1, 0.15) is 88.5 Å². The first-order valence-electron chi connectivity index (χ1n) is 18.1. The van der Waals surface area contributed by atoms with Crippen LogP contribution in [0.5, 0.6) is 0 Å². The Morgan fingerprint density at radius 1 is 0.920 bits per heavy atom. The van der Waals surface area contributed by atoms with Crippen molar-refractivity contribution in [1.82, 2.24) is 4.90 Å². The van der Waals surface area contributed by atoms with Crippen LogP contribution >= 0.6 is 0 Å². The zero-order valence-corrected chi connectivity index (χ0v) is 32.1. The molecule has 0 aromatic rings. The number of ether oxygens (including phenoxy) is 6. The van der Waals surface area contributed by atoms with Gasteiger partial charge in [-0.3, -0.25) is 9.59 Å². The average Bonchev–Trinajstić information content (AvgIpc) is 3.04. The molecule has 0 amide bonds. The van der Waals surface area contributed by atoms with Crippen molar-refractivity contribution in [2.24, 2.45) is 23.7 Å². The number of aliphatic hydroxyl groups excluding tert-OH is 3. The number of Topliss-reactive ketones (excluding diaryl/α,β-unsaturated/α-hetero) is 1. The van der Waals surface area contributed by atoms with Gasteiger partial charge in [0.15, 0.2) is 24.5 Å². The average molecular weight is 720 g/mol. The predicted molar refractivity (Wildman–Crippen MR) is 182 cm³/mol. The van der Waals surface area contributed by atoms with Crippen LogP contribution in [0.25, 0.3) is 0 Å². The number of aliphatic hydroxyl groups is 5. The van der Waals surface area contributed by atoms with Crippen LogP contribution in [-0.4, -0.2) is 148 Å². The number of ketones is 1. The van der Waals surface area contributed by atoms with Crippen LogP contribution < -0.4 is 0 Å². The van der Waals surface area contributed by atoms with Gasteiger partial charge < -0.3 is 58.9 Å². The van der Waals surface area contributed by atoms with E-state index in [1.807, 2.05) is 11.8 Å². The Labute approximate surface area is 297 Å². The molecular formula is C36H65NO13. The van der Waals surface area contributed by atoms with Crippen molar-refractivity contribution in [3.05, 3.63) is 0 Å². The molecule has 14 nitrogen and oxygen atoms in total. The number of carbonyl (C=O) groups is 2.